The van der Waals surface area contributed by atoms with Crippen LogP contribution in [0.5, 0.6) is 0 Å². The topological polar surface area (TPSA) is 0 Å². The Morgan fingerprint density at radius 1 is 0.224 bits per heavy atom. The first-order valence-corrected chi connectivity index (χ1v) is 17.1. The van der Waals surface area contributed by atoms with Crippen molar-refractivity contribution in [2.24, 2.45) is 0 Å². The Morgan fingerprint density at radius 2 is 0.612 bits per heavy atom. The largest absolute Gasteiger partial charge is 0.0622 e. The van der Waals surface area contributed by atoms with E-state index in [4.69, 9.17) is 0 Å². The zero-order chi connectivity index (χ0) is 32.3. The van der Waals surface area contributed by atoms with Crippen molar-refractivity contribution < 1.29 is 0 Å². The Hall–Kier alpha value is -6.24. The van der Waals surface area contributed by atoms with Crippen molar-refractivity contribution >= 4 is 32.3 Å². The predicted octanol–water partition coefficient (Wildman–Crippen LogP) is 13.4. The van der Waals surface area contributed by atoms with Crippen molar-refractivity contribution in [1.82, 2.24) is 0 Å². The van der Waals surface area contributed by atoms with Crippen LogP contribution in [0.4, 0.5) is 0 Å². The second kappa shape index (κ2) is 11.2. The molecule has 0 saturated carbocycles. The maximum absolute atomic E-state index is 2.39. The summed E-state index contributed by atoms with van der Waals surface area (Å²) in [5.41, 5.74) is 15.7. The predicted molar refractivity (Wildman–Crippen MR) is 209 cm³/mol. The fourth-order valence-electron chi connectivity index (χ4n) is 8.23. The van der Waals surface area contributed by atoms with Crippen LogP contribution in [0.1, 0.15) is 11.1 Å². The van der Waals surface area contributed by atoms with E-state index in [9.17, 15) is 0 Å². The first kappa shape index (κ1) is 27.8. The molecule has 0 amide bonds. The molecule has 10 rings (SSSR count). The average molecular weight is 621 g/mol. The summed E-state index contributed by atoms with van der Waals surface area (Å²) in [4.78, 5) is 0. The van der Waals surface area contributed by atoms with Crippen LogP contribution in [0.15, 0.2) is 182 Å². The molecular weight excluding hydrogens is 589 g/mol. The van der Waals surface area contributed by atoms with Gasteiger partial charge in [-0.1, -0.05) is 164 Å². The summed E-state index contributed by atoms with van der Waals surface area (Å²) in [6.45, 7) is 0. The minimum atomic E-state index is 0.922. The van der Waals surface area contributed by atoms with Gasteiger partial charge in [0.25, 0.3) is 0 Å². The van der Waals surface area contributed by atoms with Gasteiger partial charge in [-0.25, -0.2) is 0 Å². The second-order valence-electron chi connectivity index (χ2n) is 13.2. The minimum Gasteiger partial charge on any atom is -0.0622 e. The van der Waals surface area contributed by atoms with E-state index in [1.165, 1.54) is 99.1 Å². The van der Waals surface area contributed by atoms with Gasteiger partial charge < -0.3 is 0 Å². The van der Waals surface area contributed by atoms with Gasteiger partial charge >= 0.3 is 0 Å². The van der Waals surface area contributed by atoms with Crippen molar-refractivity contribution in [3.05, 3.63) is 193 Å². The lowest BCUT2D eigenvalue weighted by Gasteiger charge is -2.13. The Kier molecular flexibility index (Phi) is 6.35. The molecule has 0 unspecified atom stereocenters. The summed E-state index contributed by atoms with van der Waals surface area (Å²) in [5, 5.41) is 7.84. The molecule has 0 N–H and O–H groups in total. The second-order valence-corrected chi connectivity index (χ2v) is 13.2. The first-order chi connectivity index (χ1) is 24.3. The lowest BCUT2D eigenvalue weighted by molar-refractivity contribution is 1.26. The van der Waals surface area contributed by atoms with Gasteiger partial charge in [0, 0.05) is 0 Å². The van der Waals surface area contributed by atoms with Crippen molar-refractivity contribution in [2.75, 3.05) is 0 Å². The highest BCUT2D eigenvalue weighted by Gasteiger charge is 2.24. The highest BCUT2D eigenvalue weighted by atomic mass is 14.3. The van der Waals surface area contributed by atoms with E-state index in [0.29, 0.717) is 0 Å². The van der Waals surface area contributed by atoms with E-state index in [1.807, 2.05) is 0 Å². The zero-order valence-corrected chi connectivity index (χ0v) is 27.0. The van der Waals surface area contributed by atoms with Gasteiger partial charge in [0.05, 0.1) is 0 Å². The molecule has 0 nitrogen and oxygen atoms in total. The van der Waals surface area contributed by atoms with Gasteiger partial charge in [0.2, 0.25) is 0 Å². The molecule has 0 aliphatic heterocycles. The summed E-state index contributed by atoms with van der Waals surface area (Å²) in [6.07, 6.45) is 0.922. The Balaban J connectivity index is 1.06. The smallest absolute Gasteiger partial charge is 0.000112 e. The highest BCUT2D eigenvalue weighted by molar-refractivity contribution is 6.25. The number of hydrogen-bond acceptors (Lipinski definition) is 0. The molecule has 49 heavy (non-hydrogen) atoms. The van der Waals surface area contributed by atoms with E-state index in [0.717, 1.165) is 6.42 Å². The van der Waals surface area contributed by atoms with E-state index in [1.54, 1.807) is 0 Å². The Morgan fingerprint density at radius 3 is 1.18 bits per heavy atom. The van der Waals surface area contributed by atoms with E-state index in [-0.39, 0.29) is 0 Å². The Bertz CT molecular complexity index is 2700. The van der Waals surface area contributed by atoms with Gasteiger partial charge in [0.1, 0.15) is 0 Å². The molecule has 228 valence electrons. The van der Waals surface area contributed by atoms with E-state index < -0.39 is 0 Å². The van der Waals surface area contributed by atoms with Crippen LogP contribution in [-0.4, -0.2) is 0 Å². The number of benzene rings is 9. The Labute approximate surface area is 286 Å². The highest BCUT2D eigenvalue weighted by Crippen LogP contribution is 2.46. The fourth-order valence-corrected chi connectivity index (χ4v) is 8.23. The van der Waals surface area contributed by atoms with Gasteiger partial charge in [-0.15, -0.1) is 0 Å². The first-order valence-electron chi connectivity index (χ1n) is 17.1. The number of hydrogen-bond donors (Lipinski definition) is 0. The normalized spacial score (nSPS) is 12.0. The maximum atomic E-state index is 2.39. The standard InChI is InChI=1S/C49H32/c1-2-12-32(13-3-1)33-14-8-16-36(28-33)38-22-10-24-44-45-25-11-23-39(49(45)31-48(38)44)37-17-9-15-34(29-37)35-26-27-46-42-20-5-4-18-40(42)41-19-6-7-21-43(41)47(46)30-35/h1-30H,31H2. The number of fused-ring (bicyclic) bond motifs is 9. The molecule has 0 fully saturated rings. The number of rotatable bonds is 4. The summed E-state index contributed by atoms with van der Waals surface area (Å²) in [6, 6.07) is 67.1. The van der Waals surface area contributed by atoms with Crippen molar-refractivity contribution in [2.45, 2.75) is 6.42 Å². The molecule has 0 radical (unpaired) electrons. The monoisotopic (exact) mass is 620 g/mol. The summed E-state index contributed by atoms with van der Waals surface area (Å²) in [7, 11) is 0. The maximum Gasteiger partial charge on any atom is -0.000112 e. The lowest BCUT2D eigenvalue weighted by atomic mass is 9.90. The summed E-state index contributed by atoms with van der Waals surface area (Å²) < 4.78 is 0. The van der Waals surface area contributed by atoms with Gasteiger partial charge in [-0.3, -0.25) is 0 Å². The average Bonchev–Trinajstić information content (AvgIpc) is 3.58. The van der Waals surface area contributed by atoms with Crippen LogP contribution in [0.3, 0.4) is 0 Å². The van der Waals surface area contributed by atoms with Crippen LogP contribution in [0.25, 0.3) is 88.0 Å². The summed E-state index contributed by atoms with van der Waals surface area (Å²) >= 11 is 0. The summed E-state index contributed by atoms with van der Waals surface area (Å²) in [5.74, 6) is 0. The van der Waals surface area contributed by atoms with Crippen LogP contribution in [-0.2, 0) is 6.42 Å². The van der Waals surface area contributed by atoms with Gasteiger partial charge in [-0.2, -0.15) is 0 Å². The molecular formula is C49H32. The van der Waals surface area contributed by atoms with Gasteiger partial charge in [-0.05, 0) is 124 Å². The molecule has 1 aliphatic rings. The molecule has 0 saturated heterocycles. The van der Waals surface area contributed by atoms with Crippen LogP contribution < -0.4 is 0 Å². The van der Waals surface area contributed by atoms with Crippen molar-refractivity contribution in [3.8, 4) is 55.6 Å². The minimum absolute atomic E-state index is 0.922. The van der Waals surface area contributed by atoms with Crippen LogP contribution in [0.2, 0.25) is 0 Å². The van der Waals surface area contributed by atoms with Crippen LogP contribution in [0, 0.1) is 0 Å². The lowest BCUT2D eigenvalue weighted by Crippen LogP contribution is -1.91. The third kappa shape index (κ3) is 4.53. The van der Waals surface area contributed by atoms with Crippen molar-refractivity contribution in [3.63, 3.8) is 0 Å². The third-order valence-electron chi connectivity index (χ3n) is 10.5. The van der Waals surface area contributed by atoms with Crippen molar-refractivity contribution in [1.29, 1.82) is 0 Å². The fraction of sp³-hybridized carbons (Fsp3) is 0.0204. The molecule has 0 heterocycles. The quantitative estimate of drug-likeness (QED) is 0.172. The third-order valence-corrected chi connectivity index (χ3v) is 10.5. The SMILES string of the molecule is c1ccc(-c2cccc(-c3cccc4c3Cc3c(-c5cccc(-c6ccc7c8ccccc8c8ccccc8c7c6)c5)cccc3-4)c2)cc1. The zero-order valence-electron chi connectivity index (χ0n) is 27.0. The van der Waals surface area contributed by atoms with E-state index in [2.05, 4.69) is 182 Å². The molecule has 9 aromatic carbocycles. The molecule has 0 heteroatoms. The molecule has 9 aromatic rings. The van der Waals surface area contributed by atoms with Gasteiger partial charge in [0.15, 0.2) is 0 Å². The molecule has 1 aliphatic carbocycles. The molecule has 0 bridgehead atoms. The molecule has 0 aromatic heterocycles. The molecule has 0 atom stereocenters. The van der Waals surface area contributed by atoms with E-state index >= 15 is 0 Å². The van der Waals surface area contributed by atoms with Crippen LogP contribution >= 0.6 is 0 Å². The molecule has 0 spiro atoms.